The van der Waals surface area contributed by atoms with Gasteiger partial charge in [0.05, 0.1) is 10.5 Å². The van der Waals surface area contributed by atoms with E-state index >= 15 is 0 Å². The maximum Gasteiger partial charge on any atom is 0.270 e. The zero-order valence-electron chi connectivity index (χ0n) is 10.5. The third kappa shape index (κ3) is 3.13. The summed E-state index contributed by atoms with van der Waals surface area (Å²) in [6.07, 6.45) is 0.234. The molecule has 106 valence electrons. The lowest BCUT2D eigenvalue weighted by Gasteiger charge is -2.20. The lowest BCUT2D eigenvalue weighted by molar-refractivity contribution is -0.384. The Bertz CT molecular complexity index is 576. The molecule has 0 spiro atoms. The Morgan fingerprint density at radius 3 is 2.85 bits per heavy atom. The molecule has 0 unspecified atom stereocenters. The molecule has 1 N–H and O–H groups in total. The van der Waals surface area contributed by atoms with E-state index in [0.29, 0.717) is 24.1 Å². The Balaban J connectivity index is 2.25. The third-order valence-corrected chi connectivity index (χ3v) is 3.68. The van der Waals surface area contributed by atoms with Crippen LogP contribution in [0.2, 0.25) is 0 Å². The van der Waals surface area contributed by atoms with Crippen LogP contribution in [-0.4, -0.2) is 41.3 Å². The highest BCUT2D eigenvalue weighted by Crippen LogP contribution is 2.24. The van der Waals surface area contributed by atoms with Gasteiger partial charge in [0.1, 0.15) is 0 Å². The molecule has 1 aromatic carbocycles. The van der Waals surface area contributed by atoms with E-state index in [2.05, 4.69) is 21.2 Å². The minimum Gasteiger partial charge on any atom is -0.354 e. The van der Waals surface area contributed by atoms with E-state index in [1.807, 2.05) is 0 Å². The molecule has 0 radical (unpaired) electrons. The van der Waals surface area contributed by atoms with E-state index in [9.17, 15) is 19.7 Å². The molecule has 0 bridgehead atoms. The van der Waals surface area contributed by atoms with Gasteiger partial charge in [0.25, 0.3) is 11.6 Å². The molecule has 2 amide bonds. The van der Waals surface area contributed by atoms with Gasteiger partial charge in [-0.2, -0.15) is 0 Å². The average Bonchev–Trinajstić information content (AvgIpc) is 2.63. The van der Waals surface area contributed by atoms with Crippen LogP contribution in [-0.2, 0) is 4.79 Å². The fourth-order valence-corrected chi connectivity index (χ4v) is 2.35. The lowest BCUT2D eigenvalue weighted by atomic mass is 10.1. The predicted molar refractivity (Wildman–Crippen MR) is 74.3 cm³/mol. The third-order valence-electron chi connectivity index (χ3n) is 2.99. The van der Waals surface area contributed by atoms with Crippen LogP contribution in [0.1, 0.15) is 16.8 Å². The van der Waals surface area contributed by atoms with E-state index in [1.54, 1.807) is 0 Å². The molecule has 7 nitrogen and oxygen atoms in total. The average molecular weight is 342 g/mol. The van der Waals surface area contributed by atoms with Gasteiger partial charge in [-0.3, -0.25) is 19.7 Å². The number of benzene rings is 1. The Kier molecular flexibility index (Phi) is 4.33. The summed E-state index contributed by atoms with van der Waals surface area (Å²) in [6, 6.07) is 4.05. The van der Waals surface area contributed by atoms with Crippen LogP contribution in [0.5, 0.6) is 0 Å². The molecule has 1 saturated heterocycles. The Labute approximate surface area is 123 Å². The highest BCUT2D eigenvalue weighted by molar-refractivity contribution is 9.10. The number of non-ortho nitro benzene ring substituents is 1. The fourth-order valence-electron chi connectivity index (χ4n) is 1.93. The SMILES string of the molecule is O=C1CCN(C(=O)c2cc([N+](=O)[O-])ccc2Br)CCN1. The highest BCUT2D eigenvalue weighted by atomic mass is 79.9. The highest BCUT2D eigenvalue weighted by Gasteiger charge is 2.23. The fraction of sp³-hybridized carbons (Fsp3) is 0.333. The second kappa shape index (κ2) is 6.00. The van der Waals surface area contributed by atoms with Crippen molar-refractivity contribution in [2.45, 2.75) is 6.42 Å². The minimum atomic E-state index is -0.545. The van der Waals surface area contributed by atoms with Gasteiger partial charge < -0.3 is 10.2 Å². The smallest absolute Gasteiger partial charge is 0.270 e. The Morgan fingerprint density at radius 1 is 1.40 bits per heavy atom. The number of hydrogen-bond donors (Lipinski definition) is 1. The summed E-state index contributed by atoms with van der Waals surface area (Å²) >= 11 is 3.23. The first kappa shape index (κ1) is 14.4. The zero-order valence-corrected chi connectivity index (χ0v) is 12.1. The lowest BCUT2D eigenvalue weighted by Crippen LogP contribution is -2.34. The standard InChI is InChI=1S/C12H12BrN3O4/c13-10-2-1-8(16(19)20)7-9(10)12(18)15-5-3-11(17)14-4-6-15/h1-2,7H,3-6H2,(H,14,17). The number of rotatable bonds is 2. The van der Waals surface area contributed by atoms with Crippen LogP contribution in [0.15, 0.2) is 22.7 Å². The number of hydrogen-bond acceptors (Lipinski definition) is 4. The van der Waals surface area contributed by atoms with Gasteiger partial charge in [0.2, 0.25) is 5.91 Å². The van der Waals surface area contributed by atoms with Crippen LogP contribution in [0, 0.1) is 10.1 Å². The van der Waals surface area contributed by atoms with Crippen molar-refractivity contribution in [1.82, 2.24) is 10.2 Å². The predicted octanol–water partition coefficient (Wildman–Crippen LogP) is 1.32. The van der Waals surface area contributed by atoms with Crippen LogP contribution >= 0.6 is 15.9 Å². The van der Waals surface area contributed by atoms with Gasteiger partial charge in [-0.05, 0) is 22.0 Å². The summed E-state index contributed by atoms with van der Waals surface area (Å²) in [5.74, 6) is -0.421. The number of nitro groups is 1. The molecule has 1 heterocycles. The van der Waals surface area contributed by atoms with Crippen molar-refractivity contribution in [3.05, 3.63) is 38.3 Å². The molecule has 8 heteroatoms. The van der Waals surface area contributed by atoms with E-state index in [1.165, 1.54) is 23.1 Å². The number of amides is 2. The first-order valence-electron chi connectivity index (χ1n) is 5.99. The van der Waals surface area contributed by atoms with E-state index in [-0.39, 0.29) is 29.5 Å². The molecule has 1 aliphatic rings. The number of nitrogens with one attached hydrogen (secondary N) is 1. The van der Waals surface area contributed by atoms with E-state index in [4.69, 9.17) is 0 Å². The molecule has 0 aliphatic carbocycles. The van der Waals surface area contributed by atoms with Gasteiger partial charge >= 0.3 is 0 Å². The van der Waals surface area contributed by atoms with Crippen LogP contribution in [0.25, 0.3) is 0 Å². The summed E-state index contributed by atoms with van der Waals surface area (Å²) in [7, 11) is 0. The molecule has 0 saturated carbocycles. The van der Waals surface area contributed by atoms with Crippen LogP contribution in [0.4, 0.5) is 5.69 Å². The Hall–Kier alpha value is -1.96. The van der Waals surface area contributed by atoms with E-state index in [0.717, 1.165) is 0 Å². The molecular formula is C12H12BrN3O4. The molecule has 1 aromatic rings. The molecule has 20 heavy (non-hydrogen) atoms. The normalized spacial score (nSPS) is 15.4. The van der Waals surface area contributed by atoms with Crippen molar-refractivity contribution in [1.29, 1.82) is 0 Å². The summed E-state index contributed by atoms with van der Waals surface area (Å²) in [5, 5.41) is 13.4. The maximum atomic E-state index is 12.4. The molecule has 2 rings (SSSR count). The van der Waals surface area contributed by atoms with Crippen molar-refractivity contribution in [3.63, 3.8) is 0 Å². The molecular weight excluding hydrogens is 330 g/mol. The van der Waals surface area contributed by atoms with Gasteiger partial charge in [-0.25, -0.2) is 0 Å². The molecule has 0 atom stereocenters. The Morgan fingerprint density at radius 2 is 2.15 bits per heavy atom. The summed E-state index contributed by atoms with van der Waals surface area (Å²) in [5.41, 5.74) is 0.0918. The van der Waals surface area contributed by atoms with Crippen molar-refractivity contribution in [2.24, 2.45) is 0 Å². The number of nitro benzene ring substituents is 1. The molecule has 0 aromatic heterocycles. The molecule has 1 aliphatic heterocycles. The van der Waals surface area contributed by atoms with Crippen molar-refractivity contribution >= 4 is 33.4 Å². The number of carbonyl (C=O) groups is 2. The quantitative estimate of drug-likeness (QED) is 0.648. The van der Waals surface area contributed by atoms with Crippen molar-refractivity contribution in [3.8, 4) is 0 Å². The van der Waals surface area contributed by atoms with Crippen molar-refractivity contribution < 1.29 is 14.5 Å². The van der Waals surface area contributed by atoms with Crippen molar-refractivity contribution in [2.75, 3.05) is 19.6 Å². The summed E-state index contributed by atoms with van der Waals surface area (Å²) in [6.45, 7) is 1.08. The van der Waals surface area contributed by atoms with Gasteiger partial charge in [0, 0.05) is 42.7 Å². The summed E-state index contributed by atoms with van der Waals surface area (Å²) in [4.78, 5) is 35.4. The molecule has 1 fully saturated rings. The van der Waals surface area contributed by atoms with Crippen LogP contribution < -0.4 is 5.32 Å². The number of nitrogens with zero attached hydrogens (tertiary/aromatic N) is 2. The first-order valence-corrected chi connectivity index (χ1v) is 6.78. The largest absolute Gasteiger partial charge is 0.354 e. The second-order valence-corrected chi connectivity index (χ2v) is 5.17. The topological polar surface area (TPSA) is 92.5 Å². The second-order valence-electron chi connectivity index (χ2n) is 4.31. The van der Waals surface area contributed by atoms with Gasteiger partial charge in [0.15, 0.2) is 0 Å². The number of carbonyl (C=O) groups excluding carboxylic acids is 2. The maximum absolute atomic E-state index is 12.4. The minimum absolute atomic E-state index is 0.0987. The van der Waals surface area contributed by atoms with Gasteiger partial charge in [-0.15, -0.1) is 0 Å². The monoisotopic (exact) mass is 341 g/mol. The first-order chi connectivity index (χ1) is 9.49. The number of halogens is 1. The van der Waals surface area contributed by atoms with E-state index < -0.39 is 4.92 Å². The van der Waals surface area contributed by atoms with Crippen LogP contribution in [0.3, 0.4) is 0 Å². The zero-order chi connectivity index (χ0) is 14.7. The summed E-state index contributed by atoms with van der Waals surface area (Å²) < 4.78 is 0.497. The van der Waals surface area contributed by atoms with Gasteiger partial charge in [-0.1, -0.05) is 0 Å².